The standard InChI is InChI=1S/C17H23BrN2O3/c1-2-20(11-17(22)23)14-9-13(10-14)19-16(21)8-7-12-5-3-4-6-15(12)18/h3-6,13-14H,2,7-11H2,1H3,(H,19,21)(H,22,23). The monoisotopic (exact) mass is 382 g/mol. The van der Waals surface area contributed by atoms with E-state index in [1.807, 2.05) is 36.1 Å². The van der Waals surface area contributed by atoms with Crippen LogP contribution in [0.1, 0.15) is 31.7 Å². The molecule has 126 valence electrons. The van der Waals surface area contributed by atoms with Gasteiger partial charge in [-0.25, -0.2) is 0 Å². The summed E-state index contributed by atoms with van der Waals surface area (Å²) in [5.41, 5.74) is 1.13. The van der Waals surface area contributed by atoms with E-state index < -0.39 is 5.97 Å². The Balaban J connectivity index is 1.70. The lowest BCUT2D eigenvalue weighted by Gasteiger charge is -2.42. The van der Waals surface area contributed by atoms with Crippen molar-refractivity contribution in [2.24, 2.45) is 0 Å². The molecule has 0 bridgehead atoms. The zero-order valence-electron chi connectivity index (χ0n) is 13.3. The molecule has 0 heterocycles. The molecule has 0 radical (unpaired) electrons. The maximum Gasteiger partial charge on any atom is 0.317 e. The minimum Gasteiger partial charge on any atom is -0.480 e. The van der Waals surface area contributed by atoms with E-state index in [1.165, 1.54) is 0 Å². The van der Waals surface area contributed by atoms with Gasteiger partial charge in [0.2, 0.25) is 5.91 Å². The number of carbonyl (C=O) groups excluding carboxylic acids is 1. The first-order valence-electron chi connectivity index (χ1n) is 7.98. The molecule has 1 aromatic carbocycles. The molecule has 1 fully saturated rings. The third-order valence-electron chi connectivity index (χ3n) is 4.32. The highest BCUT2D eigenvalue weighted by Gasteiger charge is 2.34. The highest BCUT2D eigenvalue weighted by atomic mass is 79.9. The van der Waals surface area contributed by atoms with Crippen LogP contribution in [0.5, 0.6) is 0 Å². The number of halogens is 1. The fraction of sp³-hybridized carbons (Fsp3) is 0.529. The zero-order chi connectivity index (χ0) is 16.8. The second-order valence-electron chi connectivity index (χ2n) is 5.94. The average molecular weight is 383 g/mol. The maximum atomic E-state index is 12.0. The van der Waals surface area contributed by atoms with Crippen molar-refractivity contribution >= 4 is 27.8 Å². The molecule has 0 atom stereocenters. The number of rotatable bonds is 8. The summed E-state index contributed by atoms with van der Waals surface area (Å²) in [6, 6.07) is 8.36. The Bertz CT molecular complexity index is 559. The van der Waals surface area contributed by atoms with Crippen LogP contribution in [0.25, 0.3) is 0 Å². The Morgan fingerprint density at radius 3 is 2.65 bits per heavy atom. The van der Waals surface area contributed by atoms with E-state index in [1.54, 1.807) is 0 Å². The van der Waals surface area contributed by atoms with Crippen LogP contribution in [0.15, 0.2) is 28.7 Å². The van der Waals surface area contributed by atoms with Crippen molar-refractivity contribution in [3.8, 4) is 0 Å². The fourth-order valence-corrected chi connectivity index (χ4v) is 3.41. The minimum atomic E-state index is -0.798. The molecule has 5 nitrogen and oxygen atoms in total. The maximum absolute atomic E-state index is 12.0. The molecular formula is C17H23BrN2O3. The number of aryl methyl sites for hydroxylation is 1. The Hall–Kier alpha value is -1.40. The van der Waals surface area contributed by atoms with Gasteiger partial charge < -0.3 is 10.4 Å². The van der Waals surface area contributed by atoms with Crippen LogP contribution < -0.4 is 5.32 Å². The smallest absolute Gasteiger partial charge is 0.317 e. The summed E-state index contributed by atoms with van der Waals surface area (Å²) in [6.45, 7) is 2.76. The van der Waals surface area contributed by atoms with Crippen molar-refractivity contribution in [2.45, 2.75) is 44.7 Å². The largest absolute Gasteiger partial charge is 0.480 e. The number of carboxylic acids is 1. The summed E-state index contributed by atoms with van der Waals surface area (Å²) in [5.74, 6) is -0.738. The van der Waals surface area contributed by atoms with Gasteiger partial charge in [-0.2, -0.15) is 0 Å². The summed E-state index contributed by atoms with van der Waals surface area (Å²) in [4.78, 5) is 24.8. The van der Waals surface area contributed by atoms with Crippen molar-refractivity contribution in [3.05, 3.63) is 34.3 Å². The molecule has 0 spiro atoms. The van der Waals surface area contributed by atoms with E-state index in [0.29, 0.717) is 12.8 Å². The second-order valence-corrected chi connectivity index (χ2v) is 6.79. The lowest BCUT2D eigenvalue weighted by atomic mass is 9.85. The van der Waals surface area contributed by atoms with Gasteiger partial charge in [0.15, 0.2) is 0 Å². The Kier molecular flexibility index (Phi) is 6.59. The summed E-state index contributed by atoms with van der Waals surface area (Å²) >= 11 is 3.49. The Morgan fingerprint density at radius 2 is 2.04 bits per heavy atom. The van der Waals surface area contributed by atoms with E-state index in [9.17, 15) is 9.59 Å². The van der Waals surface area contributed by atoms with Crippen molar-refractivity contribution in [2.75, 3.05) is 13.1 Å². The van der Waals surface area contributed by atoms with Crippen molar-refractivity contribution < 1.29 is 14.7 Å². The highest BCUT2D eigenvalue weighted by molar-refractivity contribution is 9.10. The van der Waals surface area contributed by atoms with Crippen LogP contribution in [0.2, 0.25) is 0 Å². The molecule has 0 aromatic heterocycles. The van der Waals surface area contributed by atoms with Crippen molar-refractivity contribution in [1.29, 1.82) is 0 Å². The average Bonchev–Trinajstić information content (AvgIpc) is 2.47. The van der Waals surface area contributed by atoms with E-state index >= 15 is 0 Å². The van der Waals surface area contributed by atoms with Crippen LogP contribution >= 0.6 is 15.9 Å². The summed E-state index contributed by atoms with van der Waals surface area (Å²) in [6.07, 6.45) is 2.85. The molecule has 23 heavy (non-hydrogen) atoms. The number of nitrogens with zero attached hydrogens (tertiary/aromatic N) is 1. The molecule has 1 amide bonds. The van der Waals surface area contributed by atoms with Crippen LogP contribution in [-0.4, -0.2) is 47.1 Å². The number of amides is 1. The summed E-state index contributed by atoms with van der Waals surface area (Å²) in [7, 11) is 0. The molecule has 1 aliphatic carbocycles. The molecule has 1 saturated carbocycles. The number of nitrogens with one attached hydrogen (secondary N) is 1. The van der Waals surface area contributed by atoms with Gasteiger partial charge in [-0.15, -0.1) is 0 Å². The quantitative estimate of drug-likeness (QED) is 0.724. The molecular weight excluding hydrogens is 360 g/mol. The molecule has 0 saturated heterocycles. The third-order valence-corrected chi connectivity index (χ3v) is 5.09. The number of hydrogen-bond donors (Lipinski definition) is 2. The van der Waals surface area contributed by atoms with Gasteiger partial charge in [-0.1, -0.05) is 41.1 Å². The predicted molar refractivity (Wildman–Crippen MR) is 92.3 cm³/mol. The first-order chi connectivity index (χ1) is 11.0. The normalized spacial score (nSPS) is 20.1. The zero-order valence-corrected chi connectivity index (χ0v) is 14.9. The van der Waals surface area contributed by atoms with Crippen LogP contribution in [0.4, 0.5) is 0 Å². The SMILES string of the molecule is CCN(CC(=O)O)C1CC(NC(=O)CCc2ccccc2Br)C1. The fourth-order valence-electron chi connectivity index (χ4n) is 2.93. The van der Waals surface area contributed by atoms with Crippen LogP contribution in [0, 0.1) is 0 Å². The van der Waals surface area contributed by atoms with Crippen LogP contribution in [-0.2, 0) is 16.0 Å². The summed E-state index contributed by atoms with van der Waals surface area (Å²) in [5, 5.41) is 11.9. The molecule has 2 N–H and O–H groups in total. The first-order valence-corrected chi connectivity index (χ1v) is 8.77. The lowest BCUT2D eigenvalue weighted by molar-refractivity contribution is -0.139. The number of aliphatic carboxylic acids is 1. The first kappa shape index (κ1) is 17.9. The third kappa shape index (κ3) is 5.32. The van der Waals surface area contributed by atoms with Gasteiger partial charge in [0.25, 0.3) is 0 Å². The number of benzene rings is 1. The van der Waals surface area contributed by atoms with E-state index in [2.05, 4.69) is 21.2 Å². The number of carbonyl (C=O) groups is 2. The molecule has 1 aromatic rings. The summed E-state index contributed by atoms with van der Waals surface area (Å²) < 4.78 is 1.03. The topological polar surface area (TPSA) is 69.6 Å². The molecule has 2 rings (SSSR count). The molecule has 6 heteroatoms. The predicted octanol–water partition coefficient (Wildman–Crippen LogP) is 2.44. The number of carboxylic acid groups (broad SMARTS) is 1. The van der Waals surface area contributed by atoms with Gasteiger partial charge >= 0.3 is 5.97 Å². The molecule has 1 aliphatic rings. The van der Waals surface area contributed by atoms with E-state index in [-0.39, 0.29) is 24.5 Å². The number of hydrogen-bond acceptors (Lipinski definition) is 3. The van der Waals surface area contributed by atoms with Gasteiger partial charge in [0.1, 0.15) is 0 Å². The van der Waals surface area contributed by atoms with Crippen LogP contribution in [0.3, 0.4) is 0 Å². The van der Waals surface area contributed by atoms with Crippen molar-refractivity contribution in [1.82, 2.24) is 10.2 Å². The molecule has 0 aliphatic heterocycles. The van der Waals surface area contributed by atoms with Gasteiger partial charge in [0, 0.05) is 23.0 Å². The van der Waals surface area contributed by atoms with Crippen molar-refractivity contribution in [3.63, 3.8) is 0 Å². The van der Waals surface area contributed by atoms with E-state index in [4.69, 9.17) is 5.11 Å². The lowest BCUT2D eigenvalue weighted by Crippen LogP contribution is -2.54. The van der Waals surface area contributed by atoms with E-state index in [0.717, 1.165) is 29.4 Å². The minimum absolute atomic E-state index is 0.0606. The van der Waals surface area contributed by atoms with Gasteiger partial charge in [-0.05, 0) is 37.4 Å². The number of likely N-dealkylation sites (N-methyl/N-ethyl adjacent to an activating group) is 1. The van der Waals surface area contributed by atoms with Gasteiger partial charge in [-0.3, -0.25) is 14.5 Å². The Morgan fingerprint density at radius 1 is 1.35 bits per heavy atom. The Labute approximate surface area is 145 Å². The van der Waals surface area contributed by atoms with Gasteiger partial charge in [0.05, 0.1) is 6.54 Å². The second kappa shape index (κ2) is 8.45. The molecule has 0 unspecified atom stereocenters. The highest BCUT2D eigenvalue weighted by Crippen LogP contribution is 2.25.